The van der Waals surface area contributed by atoms with E-state index in [0.29, 0.717) is 31.3 Å². The standard InChI is InChI=1S/C41H50ClN3O5S/c1-40(2,3)23-36(46)29-9-13-37-35(22-29)45(25-41(26-50-37)15-5-7-28-21-32(42)10-12-34(28)41)24-30-8-11-33(30)38(49-4)31-19-27(20-31)14-18-51(47,48)39-43-16-6-17-44-39/h6,9-10,12-13,16-17,19,21-22,27,30,33,38H,5,7-8,11,14-15,18,20,23-26H2,1-4H3/t27?,30-,33+,38-,41-/m0/s1. The van der Waals surface area contributed by atoms with E-state index in [4.69, 9.17) is 21.1 Å². The molecule has 1 aliphatic heterocycles. The smallest absolute Gasteiger partial charge is 0.246 e. The SMILES string of the molecule is CO[C@@H](C1=CC(CCS(=O)(=O)c2ncccn2)C1)[C@@H]1CC[C@H]1CN1C[C@@]2(CCCc3cc(Cl)ccc32)COc2ccc(C(=O)CC(C)(C)C)cc21. The number of sulfone groups is 1. The molecule has 0 bridgehead atoms. The number of carbonyl (C=O) groups is 1. The summed E-state index contributed by atoms with van der Waals surface area (Å²) in [6.45, 7) is 8.53. The number of carbonyl (C=O) groups excluding carboxylic acids is 1. The van der Waals surface area contributed by atoms with Crippen LogP contribution in [0.4, 0.5) is 5.69 Å². The molecule has 272 valence electrons. The summed E-state index contributed by atoms with van der Waals surface area (Å²) in [7, 11) is -1.72. The molecule has 1 saturated carbocycles. The minimum Gasteiger partial charge on any atom is -0.490 e. The van der Waals surface area contributed by atoms with E-state index in [-0.39, 0.29) is 39.5 Å². The average Bonchev–Trinajstić information content (AvgIpc) is 3.21. The summed E-state index contributed by atoms with van der Waals surface area (Å²) >= 11 is 6.48. The van der Waals surface area contributed by atoms with Crippen LogP contribution in [0.1, 0.15) is 87.2 Å². The molecule has 7 rings (SSSR count). The first-order valence-corrected chi connectivity index (χ1v) is 20.4. The zero-order valence-electron chi connectivity index (χ0n) is 30.2. The quantitative estimate of drug-likeness (QED) is 0.111. The van der Waals surface area contributed by atoms with Gasteiger partial charge in [-0.15, -0.1) is 0 Å². The van der Waals surface area contributed by atoms with Gasteiger partial charge >= 0.3 is 0 Å². The van der Waals surface area contributed by atoms with Crippen molar-refractivity contribution in [3.05, 3.63) is 88.2 Å². The Bertz CT molecular complexity index is 1910. The number of hydrogen-bond acceptors (Lipinski definition) is 8. The van der Waals surface area contributed by atoms with Gasteiger partial charge in [0.25, 0.3) is 0 Å². The van der Waals surface area contributed by atoms with Crippen molar-refractivity contribution in [2.75, 3.05) is 37.5 Å². The molecule has 51 heavy (non-hydrogen) atoms. The van der Waals surface area contributed by atoms with Crippen LogP contribution in [0.25, 0.3) is 0 Å². The number of ether oxygens (including phenoxy) is 2. The summed E-state index contributed by atoms with van der Waals surface area (Å²) in [4.78, 5) is 23.9. The number of fused-ring (bicyclic) bond motifs is 3. The topological polar surface area (TPSA) is 98.7 Å². The maximum Gasteiger partial charge on any atom is 0.246 e. The first-order chi connectivity index (χ1) is 24.3. The summed E-state index contributed by atoms with van der Waals surface area (Å²) in [6.07, 6.45) is 12.3. The number of aryl methyl sites for hydroxylation is 1. The second-order valence-electron chi connectivity index (χ2n) is 16.4. The van der Waals surface area contributed by atoms with Crippen LogP contribution in [0.2, 0.25) is 5.02 Å². The van der Waals surface area contributed by atoms with E-state index in [1.54, 1.807) is 13.2 Å². The molecule has 2 aromatic carbocycles. The van der Waals surface area contributed by atoms with Crippen LogP contribution in [0.5, 0.6) is 5.75 Å². The molecule has 0 radical (unpaired) electrons. The molecule has 4 aliphatic rings. The Labute approximate surface area is 307 Å². The van der Waals surface area contributed by atoms with E-state index in [1.165, 1.54) is 29.1 Å². The van der Waals surface area contributed by atoms with Crippen molar-refractivity contribution < 1.29 is 22.7 Å². The Kier molecular flexibility index (Phi) is 10.1. The molecular weight excluding hydrogens is 682 g/mol. The molecule has 5 atom stereocenters. The monoisotopic (exact) mass is 731 g/mol. The summed E-state index contributed by atoms with van der Waals surface area (Å²) in [5.74, 6) is 1.97. The molecule has 1 fully saturated rings. The number of Topliss-reactive ketones (excluding diaryl/α,β-unsaturated/α-hetero) is 1. The second-order valence-corrected chi connectivity index (χ2v) is 18.9. The van der Waals surface area contributed by atoms with Crippen molar-refractivity contribution in [3.8, 4) is 5.75 Å². The fourth-order valence-corrected chi connectivity index (χ4v) is 10.2. The van der Waals surface area contributed by atoms with Crippen LogP contribution in [0, 0.1) is 23.2 Å². The predicted molar refractivity (Wildman–Crippen MR) is 201 cm³/mol. The van der Waals surface area contributed by atoms with Crippen LogP contribution in [0.3, 0.4) is 0 Å². The Balaban J connectivity index is 1.12. The number of allylic oxidation sites excluding steroid dienone is 1. The van der Waals surface area contributed by atoms with Gasteiger partial charge in [-0.1, -0.05) is 44.5 Å². The van der Waals surface area contributed by atoms with E-state index in [2.05, 4.69) is 59.9 Å². The van der Waals surface area contributed by atoms with Crippen molar-refractivity contribution in [2.24, 2.45) is 23.2 Å². The normalized spacial score (nSPS) is 25.0. The lowest BCUT2D eigenvalue weighted by Gasteiger charge is -2.48. The number of hydrogen-bond donors (Lipinski definition) is 0. The Morgan fingerprint density at radius 2 is 1.92 bits per heavy atom. The van der Waals surface area contributed by atoms with Crippen LogP contribution in [-0.4, -0.2) is 62.8 Å². The van der Waals surface area contributed by atoms with E-state index in [0.717, 1.165) is 73.6 Å². The van der Waals surface area contributed by atoms with Crippen LogP contribution >= 0.6 is 11.6 Å². The van der Waals surface area contributed by atoms with Crippen LogP contribution in [-0.2, 0) is 26.4 Å². The lowest BCUT2D eigenvalue weighted by molar-refractivity contribution is 0.000512. The number of nitrogens with zero attached hydrogens (tertiary/aromatic N) is 3. The predicted octanol–water partition coefficient (Wildman–Crippen LogP) is 8.07. The van der Waals surface area contributed by atoms with Crippen LogP contribution in [0.15, 0.2) is 71.7 Å². The van der Waals surface area contributed by atoms with Crippen molar-refractivity contribution in [2.45, 2.75) is 88.8 Å². The van der Waals surface area contributed by atoms with Crippen molar-refractivity contribution in [3.63, 3.8) is 0 Å². The number of aromatic nitrogens is 2. The largest absolute Gasteiger partial charge is 0.490 e. The van der Waals surface area contributed by atoms with Crippen molar-refractivity contribution in [1.29, 1.82) is 0 Å². The Morgan fingerprint density at radius 1 is 1.14 bits per heavy atom. The number of ketones is 1. The summed E-state index contributed by atoms with van der Waals surface area (Å²) in [5.41, 5.74) is 5.34. The van der Waals surface area contributed by atoms with E-state index >= 15 is 0 Å². The highest BCUT2D eigenvalue weighted by Crippen LogP contribution is 2.49. The zero-order chi connectivity index (χ0) is 36.0. The average molecular weight is 732 g/mol. The number of benzene rings is 2. The maximum absolute atomic E-state index is 13.5. The van der Waals surface area contributed by atoms with Crippen LogP contribution < -0.4 is 9.64 Å². The van der Waals surface area contributed by atoms with Crippen molar-refractivity contribution >= 4 is 32.9 Å². The van der Waals surface area contributed by atoms with Crippen molar-refractivity contribution in [1.82, 2.24) is 9.97 Å². The van der Waals surface area contributed by atoms with Gasteiger partial charge < -0.3 is 14.4 Å². The molecule has 10 heteroatoms. The first kappa shape index (κ1) is 36.1. The van der Waals surface area contributed by atoms with E-state index in [1.807, 2.05) is 18.2 Å². The molecular formula is C41H50ClN3O5S. The summed E-state index contributed by atoms with van der Waals surface area (Å²) in [6, 6.07) is 14.0. The minimum atomic E-state index is -3.51. The molecule has 1 spiro atoms. The highest BCUT2D eigenvalue weighted by molar-refractivity contribution is 7.91. The van der Waals surface area contributed by atoms with Gasteiger partial charge in [0.15, 0.2) is 5.78 Å². The molecule has 1 unspecified atom stereocenters. The van der Waals surface area contributed by atoms with Gasteiger partial charge in [0.05, 0.1) is 24.2 Å². The molecule has 3 aliphatic carbocycles. The lowest BCUT2D eigenvalue weighted by atomic mass is 9.65. The number of halogens is 1. The van der Waals surface area contributed by atoms with Gasteiger partial charge in [-0.2, -0.15) is 0 Å². The Morgan fingerprint density at radius 3 is 2.63 bits per heavy atom. The maximum atomic E-state index is 13.5. The molecule has 1 aromatic heterocycles. The Hall–Kier alpha value is -3.27. The third-order valence-electron chi connectivity index (χ3n) is 11.5. The van der Waals surface area contributed by atoms with Gasteiger partial charge in [0.2, 0.25) is 15.0 Å². The molecule has 0 saturated heterocycles. The molecule has 8 nitrogen and oxygen atoms in total. The third kappa shape index (κ3) is 7.63. The first-order valence-electron chi connectivity index (χ1n) is 18.4. The fraction of sp³-hybridized carbons (Fsp3) is 0.537. The molecule has 3 aromatic rings. The molecule has 0 amide bonds. The zero-order valence-corrected chi connectivity index (χ0v) is 31.8. The van der Waals surface area contributed by atoms with E-state index < -0.39 is 9.84 Å². The number of methoxy groups -OCH3 is 1. The van der Waals surface area contributed by atoms with E-state index in [9.17, 15) is 13.2 Å². The highest BCUT2D eigenvalue weighted by atomic mass is 35.5. The molecule has 0 N–H and O–H groups in total. The number of rotatable bonds is 11. The van der Waals surface area contributed by atoms with Gasteiger partial charge in [0.1, 0.15) is 5.75 Å². The lowest BCUT2D eigenvalue weighted by Crippen LogP contribution is -2.50. The second kappa shape index (κ2) is 14.3. The minimum absolute atomic E-state index is 0.00275. The van der Waals surface area contributed by atoms with Gasteiger partial charge in [0, 0.05) is 55.0 Å². The summed E-state index contributed by atoms with van der Waals surface area (Å²) < 4.78 is 38.4. The highest BCUT2D eigenvalue weighted by Gasteiger charge is 2.46. The molecule has 2 heterocycles. The number of anilines is 1. The van der Waals surface area contributed by atoms with Gasteiger partial charge in [-0.25, -0.2) is 18.4 Å². The third-order valence-corrected chi connectivity index (χ3v) is 13.3. The fourth-order valence-electron chi connectivity index (χ4n) is 8.79. The van der Waals surface area contributed by atoms with Gasteiger partial charge in [-0.3, -0.25) is 4.79 Å². The summed E-state index contributed by atoms with van der Waals surface area (Å²) in [5, 5.41) is 0.666. The van der Waals surface area contributed by atoms with Gasteiger partial charge in [-0.05, 0) is 121 Å².